The molecule has 2 rings (SSSR count). The van der Waals surface area contributed by atoms with E-state index in [1.165, 1.54) is 11.8 Å². The zero-order valence-electron chi connectivity index (χ0n) is 15.3. The van der Waals surface area contributed by atoms with Crippen LogP contribution in [0.15, 0.2) is 24.3 Å². The Hall–Kier alpha value is -1.77. The second-order valence-electron chi connectivity index (χ2n) is 6.33. The van der Waals surface area contributed by atoms with Crippen LogP contribution < -0.4 is 21.3 Å². The normalized spacial score (nSPS) is 15.6. The van der Waals surface area contributed by atoms with E-state index in [0.717, 1.165) is 0 Å². The second kappa shape index (κ2) is 10.5. The Labute approximate surface area is 168 Å². The molecule has 0 spiro atoms. The summed E-state index contributed by atoms with van der Waals surface area (Å²) in [7, 11) is 0. The Bertz CT molecular complexity index is 663. The molecular formula is C18H25ClN4O3S. The van der Waals surface area contributed by atoms with Gasteiger partial charge in [0.15, 0.2) is 0 Å². The lowest BCUT2D eigenvalue weighted by atomic mass is 9.87. The van der Waals surface area contributed by atoms with E-state index < -0.39 is 5.54 Å². The van der Waals surface area contributed by atoms with Gasteiger partial charge in [-0.3, -0.25) is 14.4 Å². The molecule has 0 aliphatic carbocycles. The summed E-state index contributed by atoms with van der Waals surface area (Å²) in [5.41, 5.74) is -0.386. The molecule has 1 aromatic rings. The molecule has 4 N–H and O–H groups in total. The van der Waals surface area contributed by atoms with Gasteiger partial charge in [0.1, 0.15) is 5.54 Å². The van der Waals surface area contributed by atoms with Gasteiger partial charge in [-0.15, -0.1) is 0 Å². The first-order valence-corrected chi connectivity index (χ1v) is 10.6. The van der Waals surface area contributed by atoms with Crippen molar-refractivity contribution in [3.8, 4) is 0 Å². The van der Waals surface area contributed by atoms with Crippen LogP contribution >= 0.6 is 23.4 Å². The predicted molar refractivity (Wildman–Crippen MR) is 108 cm³/mol. The number of benzene rings is 1. The maximum absolute atomic E-state index is 12.7. The topological polar surface area (TPSA) is 99.3 Å². The van der Waals surface area contributed by atoms with E-state index >= 15 is 0 Å². The fourth-order valence-electron chi connectivity index (χ4n) is 2.92. The van der Waals surface area contributed by atoms with Gasteiger partial charge >= 0.3 is 0 Å². The summed E-state index contributed by atoms with van der Waals surface area (Å²) in [5, 5.41) is 12.3. The molecule has 148 valence electrons. The molecule has 1 heterocycles. The van der Waals surface area contributed by atoms with Gasteiger partial charge in [-0.05, 0) is 56.5 Å². The van der Waals surface area contributed by atoms with E-state index in [2.05, 4.69) is 21.3 Å². The average molecular weight is 413 g/mol. The van der Waals surface area contributed by atoms with Gasteiger partial charge in [0.05, 0.1) is 5.75 Å². The Balaban J connectivity index is 1.83. The highest BCUT2D eigenvalue weighted by molar-refractivity contribution is 7.99. The number of carbonyl (C=O) groups is 3. The number of halogens is 1. The number of hydrogen-bond donors (Lipinski definition) is 4. The number of nitrogens with one attached hydrogen (secondary N) is 4. The fourth-order valence-corrected chi connectivity index (χ4v) is 3.38. The van der Waals surface area contributed by atoms with Crippen molar-refractivity contribution in [3.63, 3.8) is 0 Å². The number of thioether (sulfide) groups is 1. The van der Waals surface area contributed by atoms with Gasteiger partial charge in [0.2, 0.25) is 11.8 Å². The molecule has 1 aromatic carbocycles. The van der Waals surface area contributed by atoms with Gasteiger partial charge in [0.25, 0.3) is 5.91 Å². The van der Waals surface area contributed by atoms with Gasteiger partial charge < -0.3 is 21.3 Å². The largest absolute Gasteiger partial charge is 0.352 e. The molecular weight excluding hydrogens is 388 g/mol. The van der Waals surface area contributed by atoms with E-state index in [0.29, 0.717) is 48.8 Å². The second-order valence-corrected chi connectivity index (χ2v) is 7.63. The van der Waals surface area contributed by atoms with Crippen molar-refractivity contribution in [2.45, 2.75) is 18.4 Å². The first-order chi connectivity index (χ1) is 13.0. The van der Waals surface area contributed by atoms with Gasteiger partial charge in [0, 0.05) is 23.7 Å². The summed E-state index contributed by atoms with van der Waals surface area (Å²) in [5.74, 6) is -0.264. The monoisotopic (exact) mass is 412 g/mol. The first-order valence-electron chi connectivity index (χ1n) is 8.79. The predicted octanol–water partition coefficient (Wildman–Crippen LogP) is 0.787. The zero-order valence-corrected chi connectivity index (χ0v) is 16.8. The van der Waals surface area contributed by atoms with Crippen LogP contribution in [0.2, 0.25) is 5.02 Å². The van der Waals surface area contributed by atoms with Crippen LogP contribution in [0.3, 0.4) is 0 Å². The number of carbonyl (C=O) groups excluding carboxylic acids is 3. The third kappa shape index (κ3) is 6.41. The van der Waals surface area contributed by atoms with Crippen LogP contribution in [0.5, 0.6) is 0 Å². The summed E-state index contributed by atoms with van der Waals surface area (Å²) in [6, 6.07) is 6.58. The van der Waals surface area contributed by atoms with Crippen molar-refractivity contribution < 1.29 is 14.4 Å². The molecule has 27 heavy (non-hydrogen) atoms. The van der Waals surface area contributed by atoms with E-state index in [9.17, 15) is 14.4 Å². The average Bonchev–Trinajstić information content (AvgIpc) is 2.66. The maximum Gasteiger partial charge on any atom is 0.251 e. The quantitative estimate of drug-likeness (QED) is 0.473. The minimum Gasteiger partial charge on any atom is -0.352 e. The van der Waals surface area contributed by atoms with Crippen LogP contribution in [-0.4, -0.2) is 61.4 Å². The van der Waals surface area contributed by atoms with Crippen LogP contribution in [0.25, 0.3) is 0 Å². The third-order valence-corrected chi connectivity index (χ3v) is 5.15. The number of amides is 3. The SMILES string of the molecule is CSCC(=O)NC1(C(=O)NCCNC(=O)c2ccc(Cl)cc2)CCNCC1. The van der Waals surface area contributed by atoms with Crippen molar-refractivity contribution >= 4 is 41.1 Å². The molecule has 1 saturated heterocycles. The van der Waals surface area contributed by atoms with Crippen molar-refractivity contribution in [1.82, 2.24) is 21.3 Å². The Morgan fingerprint density at radius 1 is 1.11 bits per heavy atom. The minimum atomic E-state index is -0.891. The highest BCUT2D eigenvalue weighted by atomic mass is 35.5. The van der Waals surface area contributed by atoms with Crippen LogP contribution in [0, 0.1) is 0 Å². The minimum absolute atomic E-state index is 0.143. The molecule has 3 amide bonds. The zero-order chi connectivity index (χ0) is 19.7. The molecule has 1 fully saturated rings. The standard InChI is InChI=1S/C18H25ClN4O3S/c1-27-12-15(24)23-18(6-8-20-9-7-18)17(26)22-11-10-21-16(25)13-2-4-14(19)5-3-13/h2-5,20H,6-12H2,1H3,(H,21,25)(H,22,26)(H,23,24). The van der Waals surface area contributed by atoms with Crippen molar-refractivity contribution in [1.29, 1.82) is 0 Å². The highest BCUT2D eigenvalue weighted by Crippen LogP contribution is 2.19. The lowest BCUT2D eigenvalue weighted by Gasteiger charge is -2.37. The van der Waals surface area contributed by atoms with Gasteiger partial charge in [-0.2, -0.15) is 11.8 Å². The lowest BCUT2D eigenvalue weighted by Crippen LogP contribution is -2.63. The van der Waals surface area contributed by atoms with E-state index in [-0.39, 0.29) is 24.3 Å². The van der Waals surface area contributed by atoms with Crippen LogP contribution in [-0.2, 0) is 9.59 Å². The summed E-state index contributed by atoms with van der Waals surface area (Å²) in [6.07, 6.45) is 2.92. The molecule has 0 unspecified atom stereocenters. The smallest absolute Gasteiger partial charge is 0.251 e. The van der Waals surface area contributed by atoms with Gasteiger partial charge in [-0.1, -0.05) is 11.6 Å². The summed E-state index contributed by atoms with van der Waals surface area (Å²) in [6.45, 7) is 1.91. The number of hydrogen-bond acceptors (Lipinski definition) is 5. The lowest BCUT2D eigenvalue weighted by molar-refractivity contribution is -0.133. The van der Waals surface area contributed by atoms with Crippen LogP contribution in [0.4, 0.5) is 0 Å². The van der Waals surface area contributed by atoms with Crippen molar-refractivity contribution in [2.75, 3.05) is 38.2 Å². The molecule has 0 saturated carbocycles. The first kappa shape index (κ1) is 21.5. The highest BCUT2D eigenvalue weighted by Gasteiger charge is 2.40. The summed E-state index contributed by atoms with van der Waals surface area (Å²) < 4.78 is 0. The van der Waals surface area contributed by atoms with Crippen molar-refractivity contribution in [2.24, 2.45) is 0 Å². The van der Waals surface area contributed by atoms with E-state index in [1.807, 2.05) is 6.26 Å². The maximum atomic E-state index is 12.7. The molecule has 0 bridgehead atoms. The molecule has 1 aliphatic heterocycles. The Morgan fingerprint density at radius 3 is 2.37 bits per heavy atom. The molecule has 0 radical (unpaired) electrons. The van der Waals surface area contributed by atoms with Crippen LogP contribution in [0.1, 0.15) is 23.2 Å². The summed E-state index contributed by atoms with van der Waals surface area (Å²) >= 11 is 7.22. The Morgan fingerprint density at radius 2 is 1.74 bits per heavy atom. The molecule has 0 aromatic heterocycles. The third-order valence-electron chi connectivity index (χ3n) is 4.35. The molecule has 7 nitrogen and oxygen atoms in total. The summed E-state index contributed by atoms with van der Waals surface area (Å²) in [4.78, 5) is 36.8. The van der Waals surface area contributed by atoms with E-state index in [4.69, 9.17) is 11.6 Å². The number of piperidine rings is 1. The number of rotatable bonds is 8. The molecule has 9 heteroatoms. The Kier molecular flexibility index (Phi) is 8.40. The van der Waals surface area contributed by atoms with E-state index in [1.54, 1.807) is 24.3 Å². The molecule has 0 atom stereocenters. The van der Waals surface area contributed by atoms with Crippen molar-refractivity contribution in [3.05, 3.63) is 34.9 Å². The fraction of sp³-hybridized carbons (Fsp3) is 0.500. The molecule has 1 aliphatic rings. The van der Waals surface area contributed by atoms with Gasteiger partial charge in [-0.25, -0.2) is 0 Å².